The lowest BCUT2D eigenvalue weighted by molar-refractivity contribution is -0.136. The Hall–Kier alpha value is -3.17. The number of carboxylic acids is 1. The molecule has 0 aliphatic rings. The number of carbonyl (C=O) groups is 3. The molecular formula is C22H34N2O8. The standard InChI is InChI=1S/C22H34N2O8/c1-21(2,3)31-19(27)23-9-11-29-16-8-7-15(14-18(25)26)13-17(16)30-12-10-24-20(28)32-22(4,5)6/h7-8,13H,9-12,14H2,1-6H3,(H,23,27)(H,24,28)(H,25,26). The molecule has 1 aromatic carbocycles. The Balaban J connectivity index is 2.63. The Morgan fingerprint density at radius 3 is 1.72 bits per heavy atom. The second-order valence-corrected chi connectivity index (χ2v) is 8.91. The van der Waals surface area contributed by atoms with E-state index in [1.54, 1.807) is 59.7 Å². The molecule has 1 aromatic rings. The molecule has 3 N–H and O–H groups in total. The van der Waals surface area contributed by atoms with E-state index in [9.17, 15) is 14.4 Å². The average molecular weight is 455 g/mol. The smallest absolute Gasteiger partial charge is 0.407 e. The highest BCUT2D eigenvalue weighted by atomic mass is 16.6. The van der Waals surface area contributed by atoms with Crippen molar-refractivity contribution in [3.63, 3.8) is 0 Å². The van der Waals surface area contributed by atoms with Gasteiger partial charge in [0.05, 0.1) is 19.5 Å². The number of carbonyl (C=O) groups excluding carboxylic acids is 2. The summed E-state index contributed by atoms with van der Waals surface area (Å²) in [5.41, 5.74) is -0.671. The summed E-state index contributed by atoms with van der Waals surface area (Å²) in [6, 6.07) is 4.79. The summed E-state index contributed by atoms with van der Waals surface area (Å²) in [6.07, 6.45) is -1.29. The number of rotatable bonds is 10. The van der Waals surface area contributed by atoms with Gasteiger partial charge < -0.3 is 34.7 Å². The highest BCUT2D eigenvalue weighted by Gasteiger charge is 2.17. The predicted molar refractivity (Wildman–Crippen MR) is 117 cm³/mol. The molecule has 0 atom stereocenters. The Bertz CT molecular complexity index is 781. The van der Waals surface area contributed by atoms with E-state index in [4.69, 9.17) is 24.1 Å². The van der Waals surface area contributed by atoms with Crippen LogP contribution in [-0.4, -0.2) is 60.8 Å². The number of ether oxygens (including phenoxy) is 4. The first-order valence-corrected chi connectivity index (χ1v) is 10.3. The number of hydrogen-bond donors (Lipinski definition) is 3. The van der Waals surface area contributed by atoms with Crippen molar-refractivity contribution in [3.05, 3.63) is 23.8 Å². The van der Waals surface area contributed by atoms with Crippen LogP contribution >= 0.6 is 0 Å². The van der Waals surface area contributed by atoms with Gasteiger partial charge in [-0.2, -0.15) is 0 Å². The second kappa shape index (κ2) is 12.0. The van der Waals surface area contributed by atoms with Crippen LogP contribution in [0.15, 0.2) is 18.2 Å². The number of nitrogens with one attached hydrogen (secondary N) is 2. The van der Waals surface area contributed by atoms with Crippen LogP contribution in [0, 0.1) is 0 Å². The number of alkyl carbamates (subject to hydrolysis) is 2. The van der Waals surface area contributed by atoms with Crippen LogP contribution in [0.1, 0.15) is 47.1 Å². The summed E-state index contributed by atoms with van der Waals surface area (Å²) in [5.74, 6) is -0.271. The minimum atomic E-state index is -0.974. The van der Waals surface area contributed by atoms with Gasteiger partial charge >= 0.3 is 18.2 Å². The Morgan fingerprint density at radius 1 is 0.812 bits per heavy atom. The lowest BCUT2D eigenvalue weighted by Crippen LogP contribution is -2.35. The van der Waals surface area contributed by atoms with Crippen LogP contribution in [-0.2, 0) is 20.7 Å². The van der Waals surface area contributed by atoms with E-state index in [0.29, 0.717) is 17.1 Å². The molecule has 1 rings (SSSR count). The maximum atomic E-state index is 11.7. The Kier molecular flexibility index (Phi) is 10.1. The molecule has 0 fully saturated rings. The van der Waals surface area contributed by atoms with E-state index in [1.165, 1.54) is 0 Å². The molecule has 0 bridgehead atoms. The van der Waals surface area contributed by atoms with Gasteiger partial charge in [-0.1, -0.05) is 6.07 Å². The number of aliphatic carboxylic acids is 1. The molecule has 0 radical (unpaired) electrons. The zero-order chi connectivity index (χ0) is 24.4. The van der Waals surface area contributed by atoms with Crippen molar-refractivity contribution < 1.29 is 38.4 Å². The normalized spacial score (nSPS) is 11.3. The molecule has 0 saturated carbocycles. The third-order valence-corrected chi connectivity index (χ3v) is 3.42. The first-order valence-electron chi connectivity index (χ1n) is 10.3. The second-order valence-electron chi connectivity index (χ2n) is 8.91. The average Bonchev–Trinajstić information content (AvgIpc) is 2.60. The van der Waals surface area contributed by atoms with Crippen molar-refractivity contribution in [2.24, 2.45) is 0 Å². The third-order valence-electron chi connectivity index (χ3n) is 3.42. The van der Waals surface area contributed by atoms with Gasteiger partial charge in [0.2, 0.25) is 0 Å². The molecule has 0 saturated heterocycles. The largest absolute Gasteiger partial charge is 0.488 e. The summed E-state index contributed by atoms with van der Waals surface area (Å²) in [4.78, 5) is 34.4. The molecule has 0 aromatic heterocycles. The fourth-order valence-corrected chi connectivity index (χ4v) is 2.33. The molecule has 0 heterocycles. The molecule has 0 unspecified atom stereocenters. The van der Waals surface area contributed by atoms with E-state index < -0.39 is 29.4 Å². The molecule has 0 spiro atoms. The first-order chi connectivity index (χ1) is 14.7. The van der Waals surface area contributed by atoms with Crippen molar-refractivity contribution in [1.82, 2.24) is 10.6 Å². The summed E-state index contributed by atoms with van der Waals surface area (Å²) < 4.78 is 21.7. The highest BCUT2D eigenvalue weighted by Crippen LogP contribution is 2.28. The van der Waals surface area contributed by atoms with Crippen LogP contribution in [0.4, 0.5) is 9.59 Å². The van der Waals surface area contributed by atoms with Crippen LogP contribution in [0.3, 0.4) is 0 Å². The lowest BCUT2D eigenvalue weighted by Gasteiger charge is -2.20. The van der Waals surface area contributed by atoms with Crippen molar-refractivity contribution in [1.29, 1.82) is 0 Å². The molecule has 0 aliphatic carbocycles. The summed E-state index contributed by atoms with van der Waals surface area (Å²) in [6.45, 7) is 11.2. The van der Waals surface area contributed by atoms with Gasteiger partial charge in [-0.25, -0.2) is 9.59 Å². The van der Waals surface area contributed by atoms with E-state index in [1.807, 2.05) is 0 Å². The zero-order valence-electron chi connectivity index (χ0n) is 19.6. The van der Waals surface area contributed by atoms with Gasteiger partial charge in [0.1, 0.15) is 24.4 Å². The molecule has 0 aliphatic heterocycles. The van der Waals surface area contributed by atoms with Crippen molar-refractivity contribution in [2.75, 3.05) is 26.3 Å². The maximum absolute atomic E-state index is 11.7. The lowest BCUT2D eigenvalue weighted by atomic mass is 10.1. The summed E-state index contributed by atoms with van der Waals surface area (Å²) in [7, 11) is 0. The third kappa shape index (κ3) is 12.5. The van der Waals surface area contributed by atoms with Crippen LogP contribution in [0.5, 0.6) is 11.5 Å². The fraction of sp³-hybridized carbons (Fsp3) is 0.591. The van der Waals surface area contributed by atoms with Gasteiger partial charge in [-0.3, -0.25) is 4.79 Å². The van der Waals surface area contributed by atoms with Crippen molar-refractivity contribution in [2.45, 2.75) is 59.2 Å². The highest BCUT2D eigenvalue weighted by molar-refractivity contribution is 5.70. The van der Waals surface area contributed by atoms with E-state index >= 15 is 0 Å². The SMILES string of the molecule is CC(C)(C)OC(=O)NCCOc1ccc(CC(=O)O)cc1OCCNC(=O)OC(C)(C)C. The Morgan fingerprint density at radius 2 is 1.28 bits per heavy atom. The summed E-state index contributed by atoms with van der Waals surface area (Å²) >= 11 is 0. The first kappa shape index (κ1) is 26.9. The van der Waals surface area contributed by atoms with Crippen molar-refractivity contribution in [3.8, 4) is 11.5 Å². The molecule has 32 heavy (non-hydrogen) atoms. The topological polar surface area (TPSA) is 132 Å². The Labute approximate surface area is 188 Å². The fourth-order valence-electron chi connectivity index (χ4n) is 2.33. The molecule has 2 amide bonds. The summed E-state index contributed by atoms with van der Waals surface area (Å²) in [5, 5.41) is 14.2. The minimum absolute atomic E-state index is 0.113. The molecule has 10 heteroatoms. The quantitative estimate of drug-likeness (QED) is 0.459. The van der Waals surface area contributed by atoms with Gasteiger partial charge in [0, 0.05) is 0 Å². The predicted octanol–water partition coefficient (Wildman–Crippen LogP) is 3.12. The number of benzene rings is 1. The van der Waals surface area contributed by atoms with E-state index in [2.05, 4.69) is 10.6 Å². The maximum Gasteiger partial charge on any atom is 0.407 e. The van der Waals surface area contributed by atoms with Gasteiger partial charge in [0.25, 0.3) is 0 Å². The zero-order valence-corrected chi connectivity index (χ0v) is 19.6. The number of hydrogen-bond acceptors (Lipinski definition) is 7. The number of carboxylic acid groups (broad SMARTS) is 1. The van der Waals surface area contributed by atoms with Gasteiger partial charge in [-0.15, -0.1) is 0 Å². The van der Waals surface area contributed by atoms with Crippen LogP contribution < -0.4 is 20.1 Å². The molecular weight excluding hydrogens is 420 g/mol. The molecule has 180 valence electrons. The van der Waals surface area contributed by atoms with Crippen LogP contribution in [0.25, 0.3) is 0 Å². The van der Waals surface area contributed by atoms with Gasteiger partial charge in [0.15, 0.2) is 11.5 Å². The van der Waals surface area contributed by atoms with Crippen molar-refractivity contribution >= 4 is 18.2 Å². The van der Waals surface area contributed by atoms with E-state index in [-0.39, 0.29) is 32.7 Å². The number of amides is 2. The minimum Gasteiger partial charge on any atom is -0.488 e. The van der Waals surface area contributed by atoms with Gasteiger partial charge in [-0.05, 0) is 59.2 Å². The van der Waals surface area contributed by atoms with Crippen LogP contribution in [0.2, 0.25) is 0 Å². The molecule has 10 nitrogen and oxygen atoms in total. The van der Waals surface area contributed by atoms with E-state index in [0.717, 1.165) is 0 Å². The monoisotopic (exact) mass is 454 g/mol.